The minimum atomic E-state index is -0.126. The number of nitrogens with zero attached hydrogens (tertiary/aromatic N) is 1. The molecule has 25 heavy (non-hydrogen) atoms. The summed E-state index contributed by atoms with van der Waals surface area (Å²) in [6.45, 7) is 3.78. The lowest BCUT2D eigenvalue weighted by Gasteiger charge is -2.33. The molecule has 1 heterocycles. The number of rotatable bonds is 5. The van der Waals surface area contributed by atoms with Gasteiger partial charge in [-0.2, -0.15) is 0 Å². The van der Waals surface area contributed by atoms with Crippen molar-refractivity contribution in [2.75, 3.05) is 26.3 Å². The summed E-state index contributed by atoms with van der Waals surface area (Å²) in [5.74, 6) is 0.690. The molecule has 1 saturated heterocycles. The van der Waals surface area contributed by atoms with Crippen LogP contribution in [0.1, 0.15) is 24.2 Å². The fourth-order valence-electron chi connectivity index (χ4n) is 2.81. The minimum absolute atomic E-state index is 0.0261. The predicted molar refractivity (Wildman–Crippen MR) is 98.0 cm³/mol. The molecule has 0 saturated carbocycles. The Bertz CT molecular complexity index is 700. The maximum atomic E-state index is 12.4. The van der Waals surface area contributed by atoms with E-state index in [0.29, 0.717) is 30.5 Å². The number of halogens is 1. The van der Waals surface area contributed by atoms with Crippen LogP contribution in [0.2, 0.25) is 5.02 Å². The Hall–Kier alpha value is -2.04. The zero-order valence-corrected chi connectivity index (χ0v) is 15.0. The first-order chi connectivity index (χ1) is 12.2. The first-order valence-electron chi connectivity index (χ1n) is 8.52. The smallest absolute Gasteiger partial charge is 0.260 e. The lowest BCUT2D eigenvalue weighted by atomic mass is 10.1. The standard InChI is InChI=1S/C20H22ClNO3/c1-2-15-3-9-18(10-4-15)25-14-20(23)22-11-12-24-19(13-22)16-5-7-17(21)8-6-16/h3-10,19H,2,11-14H2,1H3. The molecule has 1 unspecified atom stereocenters. The van der Waals surface area contributed by atoms with Crippen LogP contribution in [-0.4, -0.2) is 37.1 Å². The molecule has 0 aliphatic carbocycles. The summed E-state index contributed by atoms with van der Waals surface area (Å²) in [4.78, 5) is 14.2. The third kappa shape index (κ3) is 4.74. The van der Waals surface area contributed by atoms with Gasteiger partial charge in [-0.15, -0.1) is 0 Å². The summed E-state index contributed by atoms with van der Waals surface area (Å²) in [6.07, 6.45) is 0.859. The largest absolute Gasteiger partial charge is 0.484 e. The van der Waals surface area contributed by atoms with E-state index in [4.69, 9.17) is 21.1 Å². The first kappa shape index (κ1) is 17.8. The Kier molecular flexibility index (Phi) is 5.95. The zero-order valence-electron chi connectivity index (χ0n) is 14.3. The van der Waals surface area contributed by atoms with Gasteiger partial charge in [-0.1, -0.05) is 42.8 Å². The van der Waals surface area contributed by atoms with Gasteiger partial charge in [-0.05, 0) is 41.8 Å². The van der Waals surface area contributed by atoms with Gasteiger partial charge in [-0.3, -0.25) is 4.79 Å². The summed E-state index contributed by atoms with van der Waals surface area (Å²) in [5.41, 5.74) is 2.27. The van der Waals surface area contributed by atoms with Crippen molar-refractivity contribution in [2.45, 2.75) is 19.4 Å². The van der Waals surface area contributed by atoms with Crippen molar-refractivity contribution in [3.05, 3.63) is 64.7 Å². The molecule has 1 aliphatic heterocycles. The quantitative estimate of drug-likeness (QED) is 0.813. The molecule has 5 heteroatoms. The molecule has 0 radical (unpaired) electrons. The van der Waals surface area contributed by atoms with Crippen LogP contribution < -0.4 is 4.74 Å². The molecule has 1 atom stereocenters. The van der Waals surface area contributed by atoms with E-state index in [1.54, 1.807) is 4.90 Å². The molecule has 0 spiro atoms. The van der Waals surface area contributed by atoms with Crippen molar-refractivity contribution in [1.29, 1.82) is 0 Å². The zero-order chi connectivity index (χ0) is 17.6. The Morgan fingerprint density at radius 3 is 2.60 bits per heavy atom. The van der Waals surface area contributed by atoms with Gasteiger partial charge in [0, 0.05) is 11.6 Å². The molecule has 1 aliphatic rings. The molecular formula is C20H22ClNO3. The fourth-order valence-corrected chi connectivity index (χ4v) is 2.94. The molecule has 4 nitrogen and oxygen atoms in total. The Morgan fingerprint density at radius 2 is 1.92 bits per heavy atom. The Balaban J connectivity index is 1.55. The number of aryl methyl sites for hydroxylation is 1. The fraction of sp³-hybridized carbons (Fsp3) is 0.350. The molecule has 1 amide bonds. The monoisotopic (exact) mass is 359 g/mol. The van der Waals surface area contributed by atoms with E-state index in [0.717, 1.165) is 12.0 Å². The van der Waals surface area contributed by atoms with Gasteiger partial charge in [0.05, 0.1) is 13.2 Å². The number of benzene rings is 2. The molecule has 0 bridgehead atoms. The number of carbonyl (C=O) groups is 1. The van der Waals surface area contributed by atoms with Gasteiger partial charge in [-0.25, -0.2) is 0 Å². The van der Waals surface area contributed by atoms with Crippen LogP contribution in [0, 0.1) is 0 Å². The summed E-state index contributed by atoms with van der Waals surface area (Å²) in [5, 5.41) is 0.690. The van der Waals surface area contributed by atoms with Gasteiger partial charge >= 0.3 is 0 Å². The van der Waals surface area contributed by atoms with Crippen LogP contribution in [0.4, 0.5) is 0 Å². The van der Waals surface area contributed by atoms with Crippen LogP contribution in [-0.2, 0) is 16.0 Å². The average Bonchev–Trinajstić information content (AvgIpc) is 2.67. The highest BCUT2D eigenvalue weighted by atomic mass is 35.5. The van der Waals surface area contributed by atoms with Crippen molar-refractivity contribution in [3.8, 4) is 5.75 Å². The summed E-state index contributed by atoms with van der Waals surface area (Å²) in [6, 6.07) is 15.4. The molecule has 2 aromatic carbocycles. The van der Waals surface area contributed by atoms with Gasteiger partial charge in [0.15, 0.2) is 6.61 Å². The van der Waals surface area contributed by atoms with E-state index >= 15 is 0 Å². The summed E-state index contributed by atoms with van der Waals surface area (Å²) < 4.78 is 11.4. The Labute approximate surface area is 153 Å². The second kappa shape index (κ2) is 8.37. The first-order valence-corrected chi connectivity index (χ1v) is 8.90. The highest BCUT2D eigenvalue weighted by Gasteiger charge is 2.25. The van der Waals surface area contributed by atoms with Gasteiger partial charge < -0.3 is 14.4 Å². The molecule has 2 aromatic rings. The second-order valence-electron chi connectivity index (χ2n) is 6.04. The molecule has 0 aromatic heterocycles. The average molecular weight is 360 g/mol. The number of carbonyl (C=O) groups excluding carboxylic acids is 1. The van der Waals surface area contributed by atoms with E-state index in [-0.39, 0.29) is 18.6 Å². The number of amides is 1. The SMILES string of the molecule is CCc1ccc(OCC(=O)N2CCOC(c3ccc(Cl)cc3)C2)cc1. The van der Waals surface area contributed by atoms with Crippen molar-refractivity contribution >= 4 is 17.5 Å². The lowest BCUT2D eigenvalue weighted by Crippen LogP contribution is -2.44. The lowest BCUT2D eigenvalue weighted by molar-refractivity contribution is -0.141. The van der Waals surface area contributed by atoms with Gasteiger partial charge in [0.1, 0.15) is 11.9 Å². The summed E-state index contributed by atoms with van der Waals surface area (Å²) in [7, 11) is 0. The normalized spacial score (nSPS) is 17.4. The second-order valence-corrected chi connectivity index (χ2v) is 6.47. The highest BCUT2D eigenvalue weighted by molar-refractivity contribution is 6.30. The van der Waals surface area contributed by atoms with Crippen LogP contribution >= 0.6 is 11.6 Å². The topological polar surface area (TPSA) is 38.8 Å². The number of hydrogen-bond donors (Lipinski definition) is 0. The summed E-state index contributed by atoms with van der Waals surface area (Å²) >= 11 is 5.93. The van der Waals surface area contributed by atoms with Gasteiger partial charge in [0.25, 0.3) is 5.91 Å². The van der Waals surface area contributed by atoms with E-state index < -0.39 is 0 Å². The van der Waals surface area contributed by atoms with Crippen LogP contribution in [0.15, 0.2) is 48.5 Å². The highest BCUT2D eigenvalue weighted by Crippen LogP contribution is 2.24. The number of ether oxygens (including phenoxy) is 2. The van der Waals surface area contributed by atoms with E-state index in [2.05, 4.69) is 6.92 Å². The van der Waals surface area contributed by atoms with Crippen molar-refractivity contribution < 1.29 is 14.3 Å². The predicted octanol–water partition coefficient (Wildman–Crippen LogP) is 3.88. The molecule has 1 fully saturated rings. The maximum absolute atomic E-state index is 12.4. The molecule has 3 rings (SSSR count). The molecule has 132 valence electrons. The van der Waals surface area contributed by atoms with Crippen molar-refractivity contribution in [2.24, 2.45) is 0 Å². The van der Waals surface area contributed by atoms with Crippen molar-refractivity contribution in [1.82, 2.24) is 4.90 Å². The Morgan fingerprint density at radius 1 is 1.20 bits per heavy atom. The van der Waals surface area contributed by atoms with Crippen LogP contribution in [0.3, 0.4) is 0 Å². The minimum Gasteiger partial charge on any atom is -0.484 e. The van der Waals surface area contributed by atoms with Gasteiger partial charge in [0.2, 0.25) is 0 Å². The van der Waals surface area contributed by atoms with E-state index in [9.17, 15) is 4.79 Å². The van der Waals surface area contributed by atoms with E-state index in [1.165, 1.54) is 5.56 Å². The number of morpholine rings is 1. The van der Waals surface area contributed by atoms with Crippen LogP contribution in [0.25, 0.3) is 0 Å². The third-order valence-corrected chi connectivity index (χ3v) is 4.61. The molecule has 0 N–H and O–H groups in total. The van der Waals surface area contributed by atoms with Crippen LogP contribution in [0.5, 0.6) is 5.75 Å². The maximum Gasteiger partial charge on any atom is 0.260 e. The van der Waals surface area contributed by atoms with E-state index in [1.807, 2.05) is 48.5 Å². The van der Waals surface area contributed by atoms with Crippen molar-refractivity contribution in [3.63, 3.8) is 0 Å². The molecular weight excluding hydrogens is 338 g/mol. The third-order valence-electron chi connectivity index (χ3n) is 4.35. The number of hydrogen-bond acceptors (Lipinski definition) is 3.